The Labute approximate surface area is 179 Å². The van der Waals surface area contributed by atoms with Gasteiger partial charge in [0.15, 0.2) is 0 Å². The molecule has 1 aliphatic heterocycles. The van der Waals surface area contributed by atoms with Crippen molar-refractivity contribution in [2.45, 2.75) is 13.5 Å². The zero-order valence-electron chi connectivity index (χ0n) is 16.9. The van der Waals surface area contributed by atoms with E-state index in [2.05, 4.69) is 27.4 Å². The minimum atomic E-state index is 0.0118. The molecule has 0 bridgehead atoms. The Kier molecular flexibility index (Phi) is 5.06. The molecule has 1 amide bonds. The van der Waals surface area contributed by atoms with Gasteiger partial charge in [-0.15, -0.1) is 11.3 Å². The van der Waals surface area contributed by atoms with Gasteiger partial charge in [-0.1, -0.05) is 36.4 Å². The van der Waals surface area contributed by atoms with Crippen LogP contribution in [0.25, 0.3) is 16.2 Å². The number of piperazine rings is 1. The van der Waals surface area contributed by atoms with Crippen LogP contribution in [0.5, 0.6) is 0 Å². The van der Waals surface area contributed by atoms with E-state index in [9.17, 15) is 4.79 Å². The molecule has 5 rings (SSSR count). The van der Waals surface area contributed by atoms with E-state index in [-0.39, 0.29) is 5.91 Å². The topological polar surface area (TPSA) is 53.7 Å². The molecular weight excluding hydrogens is 394 g/mol. The summed E-state index contributed by atoms with van der Waals surface area (Å²) < 4.78 is 1.97. The quantitative estimate of drug-likeness (QED) is 0.508. The van der Waals surface area contributed by atoms with Crippen molar-refractivity contribution in [3.63, 3.8) is 0 Å². The van der Waals surface area contributed by atoms with Gasteiger partial charge in [-0.25, -0.2) is 9.97 Å². The van der Waals surface area contributed by atoms with Crippen LogP contribution in [-0.2, 0) is 6.54 Å². The van der Waals surface area contributed by atoms with Gasteiger partial charge in [0.05, 0.1) is 5.69 Å². The number of thiazole rings is 1. The number of pyridine rings is 1. The summed E-state index contributed by atoms with van der Waals surface area (Å²) >= 11 is 1.68. The molecule has 0 aliphatic carbocycles. The van der Waals surface area contributed by atoms with E-state index in [0.717, 1.165) is 47.2 Å². The van der Waals surface area contributed by atoms with E-state index in [1.807, 2.05) is 58.8 Å². The van der Waals surface area contributed by atoms with Crippen LogP contribution < -0.4 is 0 Å². The number of aryl methyl sites for hydroxylation is 1. The van der Waals surface area contributed by atoms with Crippen molar-refractivity contribution in [2.24, 2.45) is 0 Å². The van der Waals surface area contributed by atoms with Crippen LogP contribution in [0.3, 0.4) is 0 Å². The number of hydrogen-bond donors (Lipinski definition) is 0. The molecule has 0 spiro atoms. The molecule has 0 radical (unpaired) electrons. The van der Waals surface area contributed by atoms with Gasteiger partial charge < -0.3 is 9.30 Å². The van der Waals surface area contributed by atoms with Crippen LogP contribution in [0.1, 0.15) is 21.9 Å². The monoisotopic (exact) mass is 417 g/mol. The van der Waals surface area contributed by atoms with E-state index in [1.54, 1.807) is 11.3 Å². The first-order chi connectivity index (χ1) is 14.7. The van der Waals surface area contributed by atoms with Gasteiger partial charge in [0.1, 0.15) is 16.3 Å². The van der Waals surface area contributed by atoms with Crippen molar-refractivity contribution in [3.05, 3.63) is 77.2 Å². The van der Waals surface area contributed by atoms with Crippen LogP contribution in [0.15, 0.2) is 60.1 Å². The Morgan fingerprint density at radius 1 is 1.00 bits per heavy atom. The predicted molar refractivity (Wildman–Crippen MR) is 119 cm³/mol. The first-order valence-corrected chi connectivity index (χ1v) is 11.0. The lowest BCUT2D eigenvalue weighted by molar-refractivity contribution is 0.0622. The average molecular weight is 418 g/mol. The van der Waals surface area contributed by atoms with Crippen LogP contribution in [0.2, 0.25) is 0 Å². The number of imidazole rings is 1. The molecule has 4 aromatic rings. The highest BCUT2D eigenvalue weighted by Crippen LogP contribution is 2.24. The number of hydrogen-bond acceptors (Lipinski definition) is 5. The Bertz CT molecular complexity index is 1170. The van der Waals surface area contributed by atoms with Crippen molar-refractivity contribution in [3.8, 4) is 10.6 Å². The summed E-state index contributed by atoms with van der Waals surface area (Å²) in [5.74, 6) is 0.0118. The van der Waals surface area contributed by atoms with E-state index < -0.39 is 0 Å². The molecule has 0 unspecified atom stereocenters. The third-order valence-electron chi connectivity index (χ3n) is 5.53. The van der Waals surface area contributed by atoms with Gasteiger partial charge in [0.25, 0.3) is 5.91 Å². The predicted octanol–water partition coefficient (Wildman–Crippen LogP) is 3.72. The molecular formula is C23H23N5OS. The maximum absolute atomic E-state index is 12.9. The van der Waals surface area contributed by atoms with Gasteiger partial charge in [-0.05, 0) is 19.1 Å². The summed E-state index contributed by atoms with van der Waals surface area (Å²) in [6, 6.07) is 16.2. The van der Waals surface area contributed by atoms with Gasteiger partial charge in [0, 0.05) is 55.6 Å². The molecule has 3 aromatic heterocycles. The maximum atomic E-state index is 12.9. The summed E-state index contributed by atoms with van der Waals surface area (Å²) in [5.41, 5.74) is 4.66. The summed E-state index contributed by atoms with van der Waals surface area (Å²) in [6.45, 7) is 5.94. The lowest BCUT2D eigenvalue weighted by Gasteiger charge is -2.34. The standard InChI is InChI=1S/C23H23N5OS/c1-17-6-5-9-21-25-20(15-28(17)21)23(29)27-12-10-26(11-13-27)14-19-16-30-22(24-19)18-7-3-2-4-8-18/h2-9,15-16H,10-14H2,1H3. The smallest absolute Gasteiger partial charge is 0.274 e. The molecule has 1 saturated heterocycles. The minimum Gasteiger partial charge on any atom is -0.335 e. The number of nitrogens with zero attached hydrogens (tertiary/aromatic N) is 5. The van der Waals surface area contributed by atoms with Gasteiger partial charge in [0.2, 0.25) is 0 Å². The third kappa shape index (κ3) is 3.74. The van der Waals surface area contributed by atoms with E-state index >= 15 is 0 Å². The number of aromatic nitrogens is 3. The van der Waals surface area contributed by atoms with Crippen LogP contribution in [0, 0.1) is 6.92 Å². The van der Waals surface area contributed by atoms with Crippen LogP contribution >= 0.6 is 11.3 Å². The summed E-state index contributed by atoms with van der Waals surface area (Å²) in [5, 5.41) is 3.19. The largest absolute Gasteiger partial charge is 0.335 e. The second kappa shape index (κ2) is 8.01. The van der Waals surface area contributed by atoms with Crippen molar-refractivity contribution >= 4 is 22.9 Å². The van der Waals surface area contributed by atoms with Crippen LogP contribution in [-0.4, -0.2) is 56.3 Å². The zero-order valence-corrected chi connectivity index (χ0v) is 17.7. The van der Waals surface area contributed by atoms with Crippen LogP contribution in [0.4, 0.5) is 0 Å². The summed E-state index contributed by atoms with van der Waals surface area (Å²) in [7, 11) is 0. The zero-order chi connectivity index (χ0) is 20.5. The summed E-state index contributed by atoms with van der Waals surface area (Å²) in [6.07, 6.45) is 1.85. The number of amides is 1. The molecule has 0 atom stereocenters. The first kappa shape index (κ1) is 19.0. The van der Waals surface area contributed by atoms with Crippen molar-refractivity contribution < 1.29 is 4.79 Å². The summed E-state index contributed by atoms with van der Waals surface area (Å²) in [4.78, 5) is 26.5. The fourth-order valence-electron chi connectivity index (χ4n) is 3.84. The van der Waals surface area contributed by atoms with E-state index in [1.165, 1.54) is 0 Å². The molecule has 6 nitrogen and oxygen atoms in total. The molecule has 1 fully saturated rings. The number of carbonyl (C=O) groups is 1. The molecule has 4 heterocycles. The third-order valence-corrected chi connectivity index (χ3v) is 6.47. The molecule has 0 saturated carbocycles. The highest BCUT2D eigenvalue weighted by molar-refractivity contribution is 7.13. The number of fused-ring (bicyclic) bond motifs is 1. The number of benzene rings is 1. The van der Waals surface area contributed by atoms with E-state index in [0.29, 0.717) is 18.8 Å². The fourth-order valence-corrected chi connectivity index (χ4v) is 4.66. The lowest BCUT2D eigenvalue weighted by atomic mass is 10.2. The molecule has 1 aliphatic rings. The molecule has 7 heteroatoms. The Balaban J connectivity index is 1.20. The molecule has 0 N–H and O–H groups in total. The van der Waals surface area contributed by atoms with E-state index in [4.69, 9.17) is 4.98 Å². The van der Waals surface area contributed by atoms with Gasteiger partial charge in [-0.2, -0.15) is 0 Å². The number of carbonyl (C=O) groups excluding carboxylic acids is 1. The maximum Gasteiger partial charge on any atom is 0.274 e. The Morgan fingerprint density at radius 3 is 2.57 bits per heavy atom. The normalized spacial score (nSPS) is 15.0. The van der Waals surface area contributed by atoms with Gasteiger partial charge in [-0.3, -0.25) is 9.69 Å². The fraction of sp³-hybridized carbons (Fsp3) is 0.261. The van der Waals surface area contributed by atoms with Crippen molar-refractivity contribution in [1.29, 1.82) is 0 Å². The second-order valence-electron chi connectivity index (χ2n) is 7.60. The van der Waals surface area contributed by atoms with Crippen molar-refractivity contribution in [1.82, 2.24) is 24.2 Å². The highest BCUT2D eigenvalue weighted by atomic mass is 32.1. The minimum absolute atomic E-state index is 0.0118. The number of rotatable bonds is 4. The Hall–Kier alpha value is -3.03. The lowest BCUT2D eigenvalue weighted by Crippen LogP contribution is -2.48. The second-order valence-corrected chi connectivity index (χ2v) is 8.46. The molecule has 152 valence electrons. The van der Waals surface area contributed by atoms with Crippen molar-refractivity contribution in [2.75, 3.05) is 26.2 Å². The molecule has 30 heavy (non-hydrogen) atoms. The first-order valence-electron chi connectivity index (χ1n) is 10.1. The van der Waals surface area contributed by atoms with Gasteiger partial charge >= 0.3 is 0 Å². The molecule has 1 aromatic carbocycles. The Morgan fingerprint density at radius 2 is 1.80 bits per heavy atom. The average Bonchev–Trinajstić information content (AvgIpc) is 3.42. The highest BCUT2D eigenvalue weighted by Gasteiger charge is 2.24. The SMILES string of the molecule is Cc1cccc2nc(C(=O)N3CCN(Cc4csc(-c5ccccc5)n4)CC3)cn12.